The third kappa shape index (κ3) is 5.77. The van der Waals surface area contributed by atoms with Crippen molar-refractivity contribution in [1.29, 1.82) is 0 Å². The van der Waals surface area contributed by atoms with Gasteiger partial charge in [-0.2, -0.15) is 0 Å². The number of anilines is 1. The van der Waals surface area contributed by atoms with Gasteiger partial charge >= 0.3 is 5.97 Å². The molecule has 0 aliphatic rings. The fourth-order valence-corrected chi connectivity index (χ4v) is 2.94. The number of carbonyl (C=O) groups is 1. The number of nitrogens with one attached hydrogen (secondary N) is 1. The van der Waals surface area contributed by atoms with Crippen LogP contribution in [0.25, 0.3) is 0 Å². The summed E-state index contributed by atoms with van der Waals surface area (Å²) in [6, 6.07) is 5.45. The maximum absolute atomic E-state index is 11.6. The molecule has 112 valence electrons. The average Bonchev–Trinajstić information content (AvgIpc) is 2.38. The SMILES string of the molecule is N[C@@H](Cc1ccc(NS(=O)(=O)CCCCl)cc1)C(=O)O. The van der Waals surface area contributed by atoms with Crippen molar-refractivity contribution in [3.05, 3.63) is 29.8 Å². The predicted molar refractivity (Wildman–Crippen MR) is 78.5 cm³/mol. The monoisotopic (exact) mass is 320 g/mol. The molecule has 0 saturated heterocycles. The normalized spacial score (nSPS) is 12.9. The molecule has 0 bridgehead atoms. The number of sulfonamides is 1. The lowest BCUT2D eigenvalue weighted by atomic mass is 10.1. The molecule has 1 rings (SSSR count). The molecule has 1 aromatic carbocycles. The summed E-state index contributed by atoms with van der Waals surface area (Å²) in [7, 11) is -3.40. The molecule has 0 aromatic heterocycles. The van der Waals surface area contributed by atoms with Crippen LogP contribution in [0.15, 0.2) is 24.3 Å². The van der Waals surface area contributed by atoms with Crippen LogP contribution in [0.3, 0.4) is 0 Å². The zero-order chi connectivity index (χ0) is 15.2. The van der Waals surface area contributed by atoms with E-state index in [0.717, 1.165) is 5.56 Å². The van der Waals surface area contributed by atoms with Gasteiger partial charge in [0.1, 0.15) is 6.04 Å². The number of carboxylic acid groups (broad SMARTS) is 1. The summed E-state index contributed by atoms with van der Waals surface area (Å²) in [6.07, 6.45) is 0.567. The summed E-state index contributed by atoms with van der Waals surface area (Å²) in [6.45, 7) is 0. The molecule has 0 unspecified atom stereocenters. The number of rotatable bonds is 8. The fraction of sp³-hybridized carbons (Fsp3) is 0.417. The van der Waals surface area contributed by atoms with E-state index in [-0.39, 0.29) is 18.1 Å². The molecule has 0 radical (unpaired) electrons. The molecule has 0 spiro atoms. The molecule has 0 aliphatic heterocycles. The molecule has 20 heavy (non-hydrogen) atoms. The summed E-state index contributed by atoms with van der Waals surface area (Å²) >= 11 is 5.45. The van der Waals surface area contributed by atoms with Crippen molar-refractivity contribution in [3.8, 4) is 0 Å². The van der Waals surface area contributed by atoms with Gasteiger partial charge in [0.25, 0.3) is 0 Å². The predicted octanol–water partition coefficient (Wildman–Crippen LogP) is 1.01. The largest absolute Gasteiger partial charge is 0.480 e. The Hall–Kier alpha value is -1.31. The topological polar surface area (TPSA) is 109 Å². The van der Waals surface area contributed by atoms with Gasteiger partial charge in [0.15, 0.2) is 0 Å². The highest BCUT2D eigenvalue weighted by atomic mass is 35.5. The Morgan fingerprint density at radius 2 is 1.95 bits per heavy atom. The first-order chi connectivity index (χ1) is 9.34. The molecule has 0 fully saturated rings. The van der Waals surface area contributed by atoms with Crippen molar-refractivity contribution in [3.63, 3.8) is 0 Å². The fourth-order valence-electron chi connectivity index (χ4n) is 1.53. The molecule has 1 aromatic rings. The maximum atomic E-state index is 11.6. The van der Waals surface area contributed by atoms with Gasteiger partial charge in [-0.1, -0.05) is 12.1 Å². The van der Waals surface area contributed by atoms with Crippen LogP contribution in [0.5, 0.6) is 0 Å². The molecule has 6 nitrogen and oxygen atoms in total. The number of hydrogen-bond acceptors (Lipinski definition) is 4. The van der Waals surface area contributed by atoms with E-state index in [1.807, 2.05) is 0 Å². The molecule has 0 aliphatic carbocycles. The maximum Gasteiger partial charge on any atom is 0.320 e. The Balaban J connectivity index is 2.65. The molecule has 4 N–H and O–H groups in total. The minimum atomic E-state index is -3.40. The number of nitrogens with two attached hydrogens (primary N) is 1. The third-order valence-electron chi connectivity index (χ3n) is 2.55. The smallest absolute Gasteiger partial charge is 0.320 e. The summed E-state index contributed by atoms with van der Waals surface area (Å²) in [5, 5.41) is 8.71. The zero-order valence-corrected chi connectivity index (χ0v) is 12.3. The van der Waals surface area contributed by atoms with Gasteiger partial charge in [-0.15, -0.1) is 11.6 Å². The van der Waals surface area contributed by atoms with Crippen molar-refractivity contribution in [2.45, 2.75) is 18.9 Å². The highest BCUT2D eigenvalue weighted by Crippen LogP contribution is 2.13. The van der Waals surface area contributed by atoms with E-state index in [1.165, 1.54) is 0 Å². The Morgan fingerprint density at radius 3 is 2.45 bits per heavy atom. The zero-order valence-electron chi connectivity index (χ0n) is 10.8. The van der Waals surface area contributed by atoms with Crippen LogP contribution < -0.4 is 10.5 Å². The number of benzene rings is 1. The van der Waals surface area contributed by atoms with Gasteiger partial charge in [0.05, 0.1) is 5.75 Å². The lowest BCUT2D eigenvalue weighted by Crippen LogP contribution is -2.32. The van der Waals surface area contributed by atoms with E-state index >= 15 is 0 Å². The third-order valence-corrected chi connectivity index (χ3v) is 4.19. The molecule has 0 heterocycles. The summed E-state index contributed by atoms with van der Waals surface area (Å²) in [5.41, 5.74) is 6.57. The number of halogens is 1. The van der Waals surface area contributed by atoms with Crippen molar-refractivity contribution < 1.29 is 18.3 Å². The van der Waals surface area contributed by atoms with Crippen molar-refractivity contribution in [1.82, 2.24) is 0 Å². The Kier molecular flexibility index (Phi) is 6.25. The molecule has 8 heteroatoms. The highest BCUT2D eigenvalue weighted by molar-refractivity contribution is 7.92. The average molecular weight is 321 g/mol. The van der Waals surface area contributed by atoms with Gasteiger partial charge in [0.2, 0.25) is 10.0 Å². The molecule has 1 atom stereocenters. The minimum Gasteiger partial charge on any atom is -0.480 e. The van der Waals surface area contributed by atoms with Crippen molar-refractivity contribution in [2.75, 3.05) is 16.4 Å². The van der Waals surface area contributed by atoms with Crippen LogP contribution in [0, 0.1) is 0 Å². The number of carboxylic acids is 1. The van der Waals surface area contributed by atoms with Crippen molar-refractivity contribution in [2.24, 2.45) is 5.73 Å². The van der Waals surface area contributed by atoms with Gasteiger partial charge in [-0.25, -0.2) is 8.42 Å². The Morgan fingerprint density at radius 1 is 1.35 bits per heavy atom. The van der Waals surface area contributed by atoms with Crippen LogP contribution in [0.1, 0.15) is 12.0 Å². The van der Waals surface area contributed by atoms with E-state index in [1.54, 1.807) is 24.3 Å². The number of hydrogen-bond donors (Lipinski definition) is 3. The second-order valence-electron chi connectivity index (χ2n) is 4.31. The summed E-state index contributed by atoms with van der Waals surface area (Å²) in [4.78, 5) is 10.6. The summed E-state index contributed by atoms with van der Waals surface area (Å²) < 4.78 is 25.7. The highest BCUT2D eigenvalue weighted by Gasteiger charge is 2.13. The van der Waals surface area contributed by atoms with Crippen molar-refractivity contribution >= 4 is 33.3 Å². The molecule has 0 amide bonds. The number of aliphatic carboxylic acids is 1. The standard InChI is InChI=1S/C12H17ClN2O4S/c13-6-1-7-20(18,19)15-10-4-2-9(3-5-10)8-11(14)12(16)17/h2-5,11,15H,1,6-8,14H2,(H,16,17)/t11-/m0/s1. The van der Waals surface area contributed by atoms with Crippen LogP contribution in [-0.2, 0) is 21.2 Å². The summed E-state index contributed by atoms with van der Waals surface area (Å²) in [5.74, 6) is -0.828. The second kappa shape index (κ2) is 7.47. The molecular weight excluding hydrogens is 304 g/mol. The Bertz CT molecular complexity index is 545. The van der Waals surface area contributed by atoms with Gasteiger partial charge in [-0.3, -0.25) is 9.52 Å². The van der Waals surface area contributed by atoms with E-state index in [0.29, 0.717) is 12.1 Å². The molecular formula is C12H17ClN2O4S. The minimum absolute atomic E-state index is 0.0395. The molecule has 0 saturated carbocycles. The van der Waals surface area contributed by atoms with Crippen LogP contribution >= 0.6 is 11.6 Å². The Labute approximate surface area is 123 Å². The lowest BCUT2D eigenvalue weighted by Gasteiger charge is -2.09. The first-order valence-corrected chi connectivity index (χ1v) is 8.16. The second-order valence-corrected chi connectivity index (χ2v) is 6.53. The first-order valence-electron chi connectivity index (χ1n) is 5.98. The van der Waals surface area contributed by atoms with Crippen LogP contribution in [0.4, 0.5) is 5.69 Å². The van der Waals surface area contributed by atoms with Crippen LogP contribution in [-0.4, -0.2) is 37.2 Å². The van der Waals surface area contributed by atoms with E-state index < -0.39 is 22.0 Å². The quantitative estimate of drug-likeness (QED) is 0.619. The van der Waals surface area contributed by atoms with Gasteiger partial charge in [-0.05, 0) is 30.5 Å². The first kappa shape index (κ1) is 16.7. The van der Waals surface area contributed by atoms with Gasteiger partial charge < -0.3 is 10.8 Å². The van der Waals surface area contributed by atoms with E-state index in [9.17, 15) is 13.2 Å². The van der Waals surface area contributed by atoms with Gasteiger partial charge in [0, 0.05) is 11.6 Å². The van der Waals surface area contributed by atoms with E-state index in [4.69, 9.17) is 22.4 Å². The lowest BCUT2D eigenvalue weighted by molar-refractivity contribution is -0.138. The number of alkyl halides is 1. The van der Waals surface area contributed by atoms with E-state index in [2.05, 4.69) is 4.72 Å². The van der Waals surface area contributed by atoms with Crippen LogP contribution in [0.2, 0.25) is 0 Å².